The molecule has 4 nitrogen and oxygen atoms in total. The third kappa shape index (κ3) is 2.65. The fraction of sp³-hybridized carbons (Fsp3) is 0.308. The Morgan fingerprint density at radius 1 is 1.29 bits per heavy atom. The SMILES string of the molecule is COc1ncn(Cc2ccccc2)c1CCN. The van der Waals surface area contributed by atoms with Crippen LogP contribution >= 0.6 is 0 Å². The second-order valence-corrected chi connectivity index (χ2v) is 3.85. The van der Waals surface area contributed by atoms with E-state index in [9.17, 15) is 0 Å². The molecule has 0 saturated heterocycles. The zero-order valence-corrected chi connectivity index (χ0v) is 9.97. The van der Waals surface area contributed by atoms with Crippen molar-refractivity contribution in [2.45, 2.75) is 13.0 Å². The quantitative estimate of drug-likeness (QED) is 0.847. The Morgan fingerprint density at radius 3 is 2.71 bits per heavy atom. The van der Waals surface area contributed by atoms with E-state index in [1.165, 1.54) is 5.56 Å². The number of nitrogens with zero attached hydrogens (tertiary/aromatic N) is 2. The molecule has 0 saturated carbocycles. The Bertz CT molecular complexity index is 465. The van der Waals surface area contributed by atoms with Crippen LogP contribution in [0, 0.1) is 0 Å². The fourth-order valence-electron chi connectivity index (χ4n) is 1.86. The first-order valence-corrected chi connectivity index (χ1v) is 5.67. The van der Waals surface area contributed by atoms with Crippen molar-refractivity contribution in [3.05, 3.63) is 47.9 Å². The summed E-state index contributed by atoms with van der Waals surface area (Å²) in [7, 11) is 1.63. The van der Waals surface area contributed by atoms with Gasteiger partial charge in [0.25, 0.3) is 0 Å². The molecule has 0 amide bonds. The van der Waals surface area contributed by atoms with Gasteiger partial charge in [-0.15, -0.1) is 0 Å². The highest BCUT2D eigenvalue weighted by molar-refractivity contribution is 5.23. The molecule has 0 radical (unpaired) electrons. The minimum Gasteiger partial charge on any atom is -0.480 e. The zero-order chi connectivity index (χ0) is 12.1. The predicted molar refractivity (Wildman–Crippen MR) is 67.1 cm³/mol. The summed E-state index contributed by atoms with van der Waals surface area (Å²) in [5, 5.41) is 0. The van der Waals surface area contributed by atoms with E-state index in [0.29, 0.717) is 12.4 Å². The third-order valence-electron chi connectivity index (χ3n) is 2.68. The average molecular weight is 231 g/mol. The summed E-state index contributed by atoms with van der Waals surface area (Å²) in [5.74, 6) is 0.673. The molecule has 0 atom stereocenters. The summed E-state index contributed by atoms with van der Waals surface area (Å²) in [5.41, 5.74) is 7.90. The number of hydrogen-bond donors (Lipinski definition) is 1. The molecule has 2 aromatic rings. The van der Waals surface area contributed by atoms with Gasteiger partial charge in [-0.05, 0) is 12.1 Å². The minimum atomic E-state index is 0.594. The van der Waals surface area contributed by atoms with Crippen LogP contribution in [0.5, 0.6) is 5.88 Å². The molecule has 1 aromatic carbocycles. The van der Waals surface area contributed by atoms with Crippen LogP contribution in [-0.4, -0.2) is 23.2 Å². The first-order chi connectivity index (χ1) is 8.35. The van der Waals surface area contributed by atoms with Crippen LogP contribution in [0.3, 0.4) is 0 Å². The lowest BCUT2D eigenvalue weighted by atomic mass is 10.2. The maximum atomic E-state index is 5.61. The summed E-state index contributed by atoms with van der Waals surface area (Å²) in [6.45, 7) is 1.39. The van der Waals surface area contributed by atoms with Crippen molar-refractivity contribution < 1.29 is 4.74 Å². The standard InChI is InChI=1S/C13H17N3O/c1-17-13-12(7-8-14)16(10-15-13)9-11-5-3-2-4-6-11/h2-6,10H,7-9,14H2,1H3. The Labute approximate surface area is 101 Å². The lowest BCUT2D eigenvalue weighted by Crippen LogP contribution is -2.10. The molecule has 0 aliphatic heterocycles. The van der Waals surface area contributed by atoms with Gasteiger partial charge in [-0.1, -0.05) is 30.3 Å². The van der Waals surface area contributed by atoms with Gasteiger partial charge < -0.3 is 15.0 Å². The molecule has 4 heteroatoms. The molecule has 1 heterocycles. The number of ether oxygens (including phenoxy) is 1. The van der Waals surface area contributed by atoms with E-state index in [1.807, 2.05) is 18.2 Å². The molecule has 0 aliphatic rings. The second-order valence-electron chi connectivity index (χ2n) is 3.85. The lowest BCUT2D eigenvalue weighted by molar-refractivity contribution is 0.393. The van der Waals surface area contributed by atoms with Gasteiger partial charge >= 0.3 is 0 Å². The predicted octanol–water partition coefficient (Wildman–Crippen LogP) is 1.44. The highest BCUT2D eigenvalue weighted by atomic mass is 16.5. The molecule has 2 rings (SSSR count). The topological polar surface area (TPSA) is 53.1 Å². The monoisotopic (exact) mass is 231 g/mol. The normalized spacial score (nSPS) is 10.5. The van der Waals surface area contributed by atoms with Gasteiger partial charge in [0.2, 0.25) is 5.88 Å². The molecule has 0 unspecified atom stereocenters. The summed E-state index contributed by atoms with van der Waals surface area (Å²) >= 11 is 0. The number of methoxy groups -OCH3 is 1. The van der Waals surface area contributed by atoms with Crippen molar-refractivity contribution in [1.29, 1.82) is 0 Å². The number of rotatable bonds is 5. The molecule has 1 aromatic heterocycles. The maximum Gasteiger partial charge on any atom is 0.234 e. The van der Waals surface area contributed by atoms with Crippen LogP contribution in [-0.2, 0) is 13.0 Å². The third-order valence-corrected chi connectivity index (χ3v) is 2.68. The van der Waals surface area contributed by atoms with E-state index < -0.39 is 0 Å². The van der Waals surface area contributed by atoms with Crippen molar-refractivity contribution in [2.24, 2.45) is 5.73 Å². The number of benzene rings is 1. The van der Waals surface area contributed by atoms with Gasteiger partial charge in [0.05, 0.1) is 19.1 Å². The molecule has 17 heavy (non-hydrogen) atoms. The van der Waals surface area contributed by atoms with Gasteiger partial charge in [-0.2, -0.15) is 0 Å². The molecule has 0 bridgehead atoms. The van der Waals surface area contributed by atoms with Crippen molar-refractivity contribution >= 4 is 0 Å². The zero-order valence-electron chi connectivity index (χ0n) is 9.97. The van der Waals surface area contributed by atoms with Gasteiger partial charge in [0.15, 0.2) is 0 Å². The highest BCUT2D eigenvalue weighted by Gasteiger charge is 2.10. The van der Waals surface area contributed by atoms with E-state index in [2.05, 4.69) is 21.7 Å². The van der Waals surface area contributed by atoms with E-state index in [-0.39, 0.29) is 0 Å². The van der Waals surface area contributed by atoms with E-state index in [1.54, 1.807) is 13.4 Å². The number of imidazole rings is 1. The van der Waals surface area contributed by atoms with Crippen LogP contribution in [0.2, 0.25) is 0 Å². The van der Waals surface area contributed by atoms with Crippen LogP contribution in [0.4, 0.5) is 0 Å². The second kappa shape index (κ2) is 5.50. The van der Waals surface area contributed by atoms with Crippen LogP contribution < -0.4 is 10.5 Å². The maximum absolute atomic E-state index is 5.61. The molecular formula is C13H17N3O. The first kappa shape index (κ1) is 11.7. The molecule has 0 aliphatic carbocycles. The molecule has 90 valence electrons. The minimum absolute atomic E-state index is 0.594. The molecule has 0 fully saturated rings. The van der Waals surface area contributed by atoms with Crippen molar-refractivity contribution in [2.75, 3.05) is 13.7 Å². The van der Waals surface area contributed by atoms with Gasteiger partial charge in [-0.3, -0.25) is 0 Å². The smallest absolute Gasteiger partial charge is 0.234 e. The lowest BCUT2D eigenvalue weighted by Gasteiger charge is -2.08. The Kier molecular flexibility index (Phi) is 3.77. The van der Waals surface area contributed by atoms with Gasteiger partial charge in [-0.25, -0.2) is 4.98 Å². The highest BCUT2D eigenvalue weighted by Crippen LogP contribution is 2.17. The molecule has 2 N–H and O–H groups in total. The summed E-state index contributed by atoms with van der Waals surface area (Å²) < 4.78 is 7.31. The van der Waals surface area contributed by atoms with Crippen LogP contribution in [0.1, 0.15) is 11.3 Å². The van der Waals surface area contributed by atoms with Crippen molar-refractivity contribution in [1.82, 2.24) is 9.55 Å². The largest absolute Gasteiger partial charge is 0.480 e. The van der Waals surface area contributed by atoms with Gasteiger partial charge in [0.1, 0.15) is 0 Å². The average Bonchev–Trinajstić information content (AvgIpc) is 2.74. The first-order valence-electron chi connectivity index (χ1n) is 5.67. The van der Waals surface area contributed by atoms with E-state index in [4.69, 9.17) is 10.5 Å². The van der Waals surface area contributed by atoms with Crippen molar-refractivity contribution in [3.63, 3.8) is 0 Å². The number of hydrogen-bond acceptors (Lipinski definition) is 3. The summed E-state index contributed by atoms with van der Waals surface area (Å²) in [4.78, 5) is 4.23. The van der Waals surface area contributed by atoms with E-state index in [0.717, 1.165) is 18.7 Å². The number of nitrogens with two attached hydrogens (primary N) is 1. The van der Waals surface area contributed by atoms with Crippen molar-refractivity contribution in [3.8, 4) is 5.88 Å². The summed E-state index contributed by atoms with van der Waals surface area (Å²) in [6, 6.07) is 10.3. The number of aromatic nitrogens is 2. The van der Waals surface area contributed by atoms with Crippen LogP contribution in [0.15, 0.2) is 36.7 Å². The summed E-state index contributed by atoms with van der Waals surface area (Å²) in [6.07, 6.45) is 2.58. The fourth-order valence-corrected chi connectivity index (χ4v) is 1.86. The van der Waals surface area contributed by atoms with E-state index >= 15 is 0 Å². The van der Waals surface area contributed by atoms with Crippen LogP contribution in [0.25, 0.3) is 0 Å². The molecular weight excluding hydrogens is 214 g/mol. The Morgan fingerprint density at radius 2 is 2.06 bits per heavy atom. The molecule has 0 spiro atoms. The van der Waals surface area contributed by atoms with Gasteiger partial charge in [0, 0.05) is 13.0 Å². The Hall–Kier alpha value is -1.81. The Balaban J connectivity index is 2.23.